The van der Waals surface area contributed by atoms with Crippen molar-refractivity contribution in [2.45, 2.75) is 19.4 Å². The number of carbonyl (C=O) groups excluding carboxylic acids is 2. The first-order chi connectivity index (χ1) is 23.4. The summed E-state index contributed by atoms with van der Waals surface area (Å²) in [6.07, 6.45) is 3.34. The predicted octanol–water partition coefficient (Wildman–Crippen LogP) is 7.22. The highest BCUT2D eigenvalue weighted by atomic mass is 35.5. The average Bonchev–Trinajstić information content (AvgIpc) is 3.13. The van der Waals surface area contributed by atoms with Gasteiger partial charge in [-0.1, -0.05) is 30.3 Å². The van der Waals surface area contributed by atoms with Gasteiger partial charge in [-0.15, -0.1) is 24.8 Å². The van der Waals surface area contributed by atoms with Crippen molar-refractivity contribution in [3.8, 4) is 23.0 Å². The zero-order valence-electron chi connectivity index (χ0n) is 28.3. The van der Waals surface area contributed by atoms with Crippen molar-refractivity contribution in [3.05, 3.63) is 113 Å². The number of benzene rings is 4. The zero-order chi connectivity index (χ0) is 33.6. The van der Waals surface area contributed by atoms with E-state index in [0.717, 1.165) is 60.4 Å². The molecule has 0 saturated heterocycles. The third kappa shape index (κ3) is 8.39. The van der Waals surface area contributed by atoms with Gasteiger partial charge in [-0.3, -0.25) is 19.5 Å². The van der Waals surface area contributed by atoms with Gasteiger partial charge in [0.15, 0.2) is 23.0 Å². The largest absolute Gasteiger partial charge is 0.493 e. The van der Waals surface area contributed by atoms with Gasteiger partial charge in [-0.2, -0.15) is 0 Å². The Morgan fingerprint density at radius 3 is 2.08 bits per heavy atom. The minimum absolute atomic E-state index is 0. The van der Waals surface area contributed by atoms with E-state index >= 15 is 0 Å². The first-order valence-electron chi connectivity index (χ1n) is 15.7. The molecule has 10 nitrogen and oxygen atoms in total. The van der Waals surface area contributed by atoms with Crippen LogP contribution in [0.4, 0.5) is 11.4 Å². The lowest BCUT2D eigenvalue weighted by molar-refractivity contribution is 0.102. The van der Waals surface area contributed by atoms with Gasteiger partial charge in [0.1, 0.15) is 0 Å². The number of pyridine rings is 1. The summed E-state index contributed by atoms with van der Waals surface area (Å²) in [4.78, 5) is 33.7. The number of nitrogens with one attached hydrogen (secondary N) is 2. The summed E-state index contributed by atoms with van der Waals surface area (Å²) in [7, 11) is 6.31. The Morgan fingerprint density at radius 2 is 1.38 bits per heavy atom. The van der Waals surface area contributed by atoms with Crippen LogP contribution >= 0.6 is 24.8 Å². The van der Waals surface area contributed by atoms with Crippen LogP contribution in [0.25, 0.3) is 10.9 Å². The van der Waals surface area contributed by atoms with Crippen LogP contribution < -0.4 is 29.6 Å². The number of fused-ring (bicyclic) bond motifs is 2. The predicted molar refractivity (Wildman–Crippen MR) is 200 cm³/mol. The van der Waals surface area contributed by atoms with Crippen LogP contribution in [-0.2, 0) is 19.4 Å². The number of ether oxygens (including phenoxy) is 4. The molecule has 4 aromatic carbocycles. The Hall–Kier alpha value is -5.03. The SMILES string of the molecule is COc1cc2c(cc1OC)CN(CCc1ccc(NC(=O)c3cc(OC)c(OC)cc3NC(=O)c3cnc4ccccc4c3)cc1)CC2.Cl.Cl. The number of rotatable bonds is 11. The molecule has 262 valence electrons. The van der Waals surface area contributed by atoms with Gasteiger partial charge in [0.2, 0.25) is 0 Å². The van der Waals surface area contributed by atoms with Crippen molar-refractivity contribution >= 4 is 58.9 Å². The maximum absolute atomic E-state index is 13.6. The van der Waals surface area contributed by atoms with E-state index in [4.69, 9.17) is 18.9 Å². The number of nitrogens with zero attached hydrogens (tertiary/aromatic N) is 2. The Labute approximate surface area is 303 Å². The Kier molecular flexibility index (Phi) is 12.9. The molecule has 2 N–H and O–H groups in total. The smallest absolute Gasteiger partial charge is 0.257 e. The van der Waals surface area contributed by atoms with E-state index in [9.17, 15) is 9.59 Å². The fraction of sp³-hybridized carbons (Fsp3) is 0.237. The highest BCUT2D eigenvalue weighted by molar-refractivity contribution is 6.13. The van der Waals surface area contributed by atoms with Gasteiger partial charge in [0, 0.05) is 43.0 Å². The molecule has 1 aliphatic heterocycles. The molecule has 2 amide bonds. The molecule has 0 fully saturated rings. The number of hydrogen-bond donors (Lipinski definition) is 2. The summed E-state index contributed by atoms with van der Waals surface area (Å²) in [6.45, 7) is 2.73. The molecular weight excluding hydrogens is 679 g/mol. The van der Waals surface area contributed by atoms with Gasteiger partial charge in [0.25, 0.3) is 11.8 Å². The number of amides is 2. The molecule has 1 aliphatic rings. The molecule has 12 heteroatoms. The standard InChI is InChI=1S/C38H38N4O6.2ClH/c1-45-33-18-25-14-16-42(23-28(25)19-34(33)46-2)15-13-24-9-11-29(12-10-24)40-38(44)30-20-35(47-3)36(48-4)21-32(30)41-37(43)27-17-26-7-5-6-8-31(26)39-22-27;;/h5-12,17-22H,13-16,23H2,1-4H3,(H,40,44)(H,41,43);2*1H. The summed E-state index contributed by atoms with van der Waals surface area (Å²) in [5.74, 6) is 1.44. The fourth-order valence-corrected chi connectivity index (χ4v) is 5.93. The van der Waals surface area contributed by atoms with Crippen molar-refractivity contribution in [2.75, 3.05) is 52.2 Å². The molecule has 1 aromatic heterocycles. The van der Waals surface area contributed by atoms with Crippen molar-refractivity contribution in [1.82, 2.24) is 9.88 Å². The minimum atomic E-state index is -0.408. The fourth-order valence-electron chi connectivity index (χ4n) is 5.93. The lowest BCUT2D eigenvalue weighted by atomic mass is 9.98. The van der Waals surface area contributed by atoms with Crippen LogP contribution in [0.15, 0.2) is 85.1 Å². The summed E-state index contributed by atoms with van der Waals surface area (Å²) < 4.78 is 21.9. The van der Waals surface area contributed by atoms with Crippen LogP contribution in [-0.4, -0.2) is 63.2 Å². The van der Waals surface area contributed by atoms with Crippen molar-refractivity contribution in [1.29, 1.82) is 0 Å². The van der Waals surface area contributed by atoms with E-state index < -0.39 is 11.8 Å². The van der Waals surface area contributed by atoms with Gasteiger partial charge in [0.05, 0.1) is 50.8 Å². The highest BCUT2D eigenvalue weighted by Crippen LogP contribution is 2.35. The van der Waals surface area contributed by atoms with Gasteiger partial charge < -0.3 is 29.6 Å². The topological polar surface area (TPSA) is 111 Å². The first kappa shape index (κ1) is 37.8. The maximum Gasteiger partial charge on any atom is 0.257 e. The molecule has 50 heavy (non-hydrogen) atoms. The number of carbonyl (C=O) groups is 2. The monoisotopic (exact) mass is 718 g/mol. The third-order valence-corrected chi connectivity index (χ3v) is 8.59. The lowest BCUT2D eigenvalue weighted by Gasteiger charge is -2.29. The Bertz CT molecular complexity index is 1970. The summed E-state index contributed by atoms with van der Waals surface area (Å²) in [5, 5.41) is 6.66. The highest BCUT2D eigenvalue weighted by Gasteiger charge is 2.21. The second-order valence-corrected chi connectivity index (χ2v) is 11.5. The number of para-hydroxylation sites is 1. The number of aromatic nitrogens is 1. The van der Waals surface area contributed by atoms with Crippen molar-refractivity contribution in [2.24, 2.45) is 0 Å². The van der Waals surface area contributed by atoms with Crippen LogP contribution in [0.5, 0.6) is 23.0 Å². The Morgan fingerprint density at radius 1 is 0.740 bits per heavy atom. The minimum Gasteiger partial charge on any atom is -0.493 e. The molecule has 0 bridgehead atoms. The van der Waals surface area contributed by atoms with Crippen molar-refractivity contribution in [3.63, 3.8) is 0 Å². The summed E-state index contributed by atoms with van der Waals surface area (Å²) in [5.41, 5.74) is 5.99. The molecule has 0 atom stereocenters. The molecule has 6 rings (SSSR count). The van der Waals surface area contributed by atoms with E-state index in [-0.39, 0.29) is 36.1 Å². The Balaban J connectivity index is 0.00000281. The molecule has 0 spiro atoms. The number of halogens is 2. The number of methoxy groups -OCH3 is 4. The molecule has 0 unspecified atom stereocenters. The van der Waals surface area contributed by atoms with Crippen LogP contribution in [0.3, 0.4) is 0 Å². The maximum atomic E-state index is 13.6. The molecule has 0 saturated carbocycles. The molecule has 5 aromatic rings. The second kappa shape index (κ2) is 17.1. The van der Waals surface area contributed by atoms with Crippen molar-refractivity contribution < 1.29 is 28.5 Å². The van der Waals surface area contributed by atoms with E-state index in [2.05, 4.69) is 32.7 Å². The molecule has 0 aliphatic carbocycles. The van der Waals surface area contributed by atoms with Crippen LogP contribution in [0, 0.1) is 0 Å². The van der Waals surface area contributed by atoms with E-state index in [1.54, 1.807) is 32.4 Å². The number of hydrogen-bond acceptors (Lipinski definition) is 8. The van der Waals surface area contributed by atoms with E-state index in [1.807, 2.05) is 48.5 Å². The molecule has 2 heterocycles. The van der Waals surface area contributed by atoms with Crippen LogP contribution in [0.2, 0.25) is 0 Å². The summed E-state index contributed by atoms with van der Waals surface area (Å²) >= 11 is 0. The summed E-state index contributed by atoms with van der Waals surface area (Å²) in [6, 6.07) is 24.4. The quantitative estimate of drug-likeness (QED) is 0.147. The molecule has 0 radical (unpaired) electrons. The third-order valence-electron chi connectivity index (χ3n) is 8.59. The normalized spacial score (nSPS) is 12.1. The zero-order valence-corrected chi connectivity index (χ0v) is 29.9. The van der Waals surface area contributed by atoms with Gasteiger partial charge in [-0.25, -0.2) is 0 Å². The van der Waals surface area contributed by atoms with E-state index in [0.29, 0.717) is 22.7 Å². The lowest BCUT2D eigenvalue weighted by Crippen LogP contribution is -2.32. The van der Waals surface area contributed by atoms with Gasteiger partial charge in [-0.05, 0) is 72.0 Å². The van der Waals surface area contributed by atoms with Gasteiger partial charge >= 0.3 is 0 Å². The van der Waals surface area contributed by atoms with E-state index in [1.165, 1.54) is 31.5 Å². The molecular formula is C38H40Cl2N4O6. The average molecular weight is 720 g/mol. The number of anilines is 2. The first-order valence-corrected chi connectivity index (χ1v) is 15.7. The second-order valence-electron chi connectivity index (χ2n) is 11.5. The van der Waals surface area contributed by atoms with Crippen LogP contribution in [0.1, 0.15) is 37.4 Å².